The van der Waals surface area contributed by atoms with Gasteiger partial charge < -0.3 is 10.6 Å². The van der Waals surface area contributed by atoms with E-state index in [1.807, 2.05) is 31.3 Å². The van der Waals surface area contributed by atoms with Gasteiger partial charge in [0.2, 0.25) is 0 Å². The van der Waals surface area contributed by atoms with Gasteiger partial charge in [0, 0.05) is 18.9 Å². The molecule has 0 aliphatic carbocycles. The van der Waals surface area contributed by atoms with Crippen molar-refractivity contribution < 1.29 is 0 Å². The van der Waals surface area contributed by atoms with Gasteiger partial charge in [-0.3, -0.25) is 9.98 Å². The molecular formula is C16H19N5. The highest BCUT2D eigenvalue weighted by atomic mass is 15.2. The first-order valence-electron chi connectivity index (χ1n) is 6.92. The van der Waals surface area contributed by atoms with Crippen LogP contribution in [-0.2, 0) is 0 Å². The summed E-state index contributed by atoms with van der Waals surface area (Å²) in [6.45, 7) is 6.88. The van der Waals surface area contributed by atoms with Crippen LogP contribution in [0.3, 0.4) is 0 Å². The van der Waals surface area contributed by atoms with E-state index in [0.717, 1.165) is 17.8 Å². The maximum absolute atomic E-state index is 9.48. The summed E-state index contributed by atoms with van der Waals surface area (Å²) >= 11 is 0. The lowest BCUT2D eigenvalue weighted by atomic mass is 10.1. The van der Waals surface area contributed by atoms with Gasteiger partial charge in [-0.1, -0.05) is 19.9 Å². The smallest absolute Gasteiger partial charge is 0.199 e. The minimum atomic E-state index is 0.478. The number of nitriles is 1. The zero-order valence-corrected chi connectivity index (χ0v) is 12.5. The van der Waals surface area contributed by atoms with Gasteiger partial charge in [0.05, 0.1) is 11.4 Å². The number of hydrogen-bond donors (Lipinski definition) is 2. The molecule has 2 heterocycles. The fourth-order valence-corrected chi connectivity index (χ4v) is 1.87. The Kier molecular flexibility index (Phi) is 4.72. The Labute approximate surface area is 125 Å². The molecule has 1 aliphatic heterocycles. The fraction of sp³-hybridized carbons (Fsp3) is 0.312. The second kappa shape index (κ2) is 6.71. The summed E-state index contributed by atoms with van der Waals surface area (Å²) in [5, 5.41) is 15.8. The number of guanidine groups is 1. The third-order valence-corrected chi connectivity index (χ3v) is 2.96. The molecule has 1 aromatic rings. The minimum Gasteiger partial charge on any atom is -0.332 e. The molecule has 0 spiro atoms. The molecule has 0 aromatic carbocycles. The zero-order valence-electron chi connectivity index (χ0n) is 12.5. The number of aromatic nitrogens is 1. The molecule has 0 saturated heterocycles. The highest BCUT2D eigenvalue weighted by molar-refractivity contribution is 5.90. The number of pyridine rings is 1. The van der Waals surface area contributed by atoms with Crippen LogP contribution in [-0.4, -0.2) is 17.5 Å². The first-order chi connectivity index (χ1) is 10.1. The van der Waals surface area contributed by atoms with Crippen LogP contribution >= 0.6 is 0 Å². The molecule has 0 unspecified atom stereocenters. The van der Waals surface area contributed by atoms with Gasteiger partial charge >= 0.3 is 0 Å². The van der Waals surface area contributed by atoms with Crippen LogP contribution in [0.4, 0.5) is 0 Å². The number of rotatable bonds is 3. The molecule has 5 heteroatoms. The van der Waals surface area contributed by atoms with E-state index in [1.165, 1.54) is 0 Å². The molecule has 1 aromatic heterocycles. The predicted octanol–water partition coefficient (Wildman–Crippen LogP) is 2.42. The maximum Gasteiger partial charge on any atom is 0.199 e. The maximum atomic E-state index is 9.48. The predicted molar refractivity (Wildman–Crippen MR) is 83.9 cm³/mol. The zero-order chi connectivity index (χ0) is 15.2. The van der Waals surface area contributed by atoms with Crippen LogP contribution in [0.15, 0.2) is 46.9 Å². The molecule has 1 aliphatic rings. The van der Waals surface area contributed by atoms with Crippen LogP contribution in [0, 0.1) is 17.2 Å². The van der Waals surface area contributed by atoms with Gasteiger partial charge in [0.25, 0.3) is 0 Å². The average molecular weight is 281 g/mol. The number of hydrogen-bond acceptors (Lipinski definition) is 3. The minimum absolute atomic E-state index is 0.478. The summed E-state index contributed by atoms with van der Waals surface area (Å²) in [7, 11) is 0. The molecular weight excluding hydrogens is 262 g/mol. The molecule has 108 valence electrons. The lowest BCUT2D eigenvalue weighted by Gasteiger charge is -2.21. The topological polar surface area (TPSA) is 73.1 Å². The summed E-state index contributed by atoms with van der Waals surface area (Å²) in [4.78, 5) is 8.71. The molecule has 0 fully saturated rings. The third kappa shape index (κ3) is 3.69. The van der Waals surface area contributed by atoms with Crippen molar-refractivity contribution in [2.75, 3.05) is 6.54 Å². The van der Waals surface area contributed by atoms with Gasteiger partial charge in [-0.2, -0.15) is 5.26 Å². The Morgan fingerprint density at radius 3 is 2.86 bits per heavy atom. The van der Waals surface area contributed by atoms with Crippen molar-refractivity contribution in [3.05, 3.63) is 47.6 Å². The van der Waals surface area contributed by atoms with Gasteiger partial charge in [0.15, 0.2) is 5.96 Å². The van der Waals surface area contributed by atoms with E-state index in [4.69, 9.17) is 0 Å². The highest BCUT2D eigenvalue weighted by Gasteiger charge is 2.17. The second-order valence-corrected chi connectivity index (χ2v) is 5.26. The normalized spacial score (nSPS) is 18.6. The van der Waals surface area contributed by atoms with Crippen LogP contribution < -0.4 is 10.6 Å². The van der Waals surface area contributed by atoms with Crippen molar-refractivity contribution in [3.63, 3.8) is 0 Å². The lowest BCUT2D eigenvalue weighted by molar-refractivity contribution is 0.661. The Morgan fingerprint density at radius 1 is 1.43 bits per heavy atom. The SMILES string of the molecule is CC1=CNC(=NCC(C)C)NC1=C(C#N)c1ccccn1. The lowest BCUT2D eigenvalue weighted by Crippen LogP contribution is -2.39. The summed E-state index contributed by atoms with van der Waals surface area (Å²) in [6, 6.07) is 7.76. The van der Waals surface area contributed by atoms with Gasteiger partial charge in [-0.05, 0) is 30.5 Å². The Balaban J connectivity index is 2.38. The molecule has 2 rings (SSSR count). The van der Waals surface area contributed by atoms with E-state index in [9.17, 15) is 5.26 Å². The van der Waals surface area contributed by atoms with E-state index in [2.05, 4.69) is 40.5 Å². The molecule has 2 N–H and O–H groups in total. The van der Waals surface area contributed by atoms with Gasteiger partial charge in [-0.15, -0.1) is 0 Å². The molecule has 0 radical (unpaired) electrons. The van der Waals surface area contributed by atoms with E-state index < -0.39 is 0 Å². The number of nitrogens with zero attached hydrogens (tertiary/aromatic N) is 3. The molecule has 5 nitrogen and oxygen atoms in total. The average Bonchev–Trinajstić information content (AvgIpc) is 2.49. The summed E-state index contributed by atoms with van der Waals surface area (Å²) in [6.07, 6.45) is 3.53. The van der Waals surface area contributed by atoms with E-state index >= 15 is 0 Å². The van der Waals surface area contributed by atoms with Crippen molar-refractivity contribution >= 4 is 11.5 Å². The van der Waals surface area contributed by atoms with E-state index in [0.29, 0.717) is 23.1 Å². The number of nitrogens with one attached hydrogen (secondary N) is 2. The molecule has 0 atom stereocenters. The first-order valence-corrected chi connectivity index (χ1v) is 6.92. The van der Waals surface area contributed by atoms with Crippen molar-refractivity contribution in [2.24, 2.45) is 10.9 Å². The monoisotopic (exact) mass is 281 g/mol. The Hall–Kier alpha value is -2.61. The third-order valence-electron chi connectivity index (χ3n) is 2.96. The summed E-state index contributed by atoms with van der Waals surface area (Å²) in [5.41, 5.74) is 2.86. The largest absolute Gasteiger partial charge is 0.332 e. The molecule has 0 amide bonds. The molecule has 0 saturated carbocycles. The highest BCUT2D eigenvalue weighted by Crippen LogP contribution is 2.20. The fourth-order valence-electron chi connectivity index (χ4n) is 1.87. The van der Waals surface area contributed by atoms with Crippen molar-refractivity contribution in [1.82, 2.24) is 15.6 Å². The standard InChI is InChI=1S/C16H19N5/c1-11(2)9-19-16-20-10-12(3)15(21-16)13(8-17)14-6-4-5-7-18-14/h4-7,10-11H,9H2,1-3H3,(H2,19,20,21). The molecule has 0 bridgehead atoms. The van der Waals surface area contributed by atoms with Crippen LogP contribution in [0.1, 0.15) is 26.5 Å². The first kappa shape index (κ1) is 14.8. The van der Waals surface area contributed by atoms with Crippen molar-refractivity contribution in [3.8, 4) is 6.07 Å². The second-order valence-electron chi connectivity index (χ2n) is 5.26. The Bertz CT molecular complexity index is 632. The van der Waals surface area contributed by atoms with Crippen molar-refractivity contribution in [2.45, 2.75) is 20.8 Å². The number of allylic oxidation sites excluding steroid dienone is 2. The summed E-state index contributed by atoms with van der Waals surface area (Å²) < 4.78 is 0. The van der Waals surface area contributed by atoms with E-state index in [-0.39, 0.29) is 0 Å². The Morgan fingerprint density at radius 2 is 2.24 bits per heavy atom. The van der Waals surface area contributed by atoms with Crippen molar-refractivity contribution in [1.29, 1.82) is 5.26 Å². The van der Waals surface area contributed by atoms with Crippen LogP contribution in [0.2, 0.25) is 0 Å². The molecule has 21 heavy (non-hydrogen) atoms. The quantitative estimate of drug-likeness (QED) is 0.835. The van der Waals surface area contributed by atoms with Crippen LogP contribution in [0.25, 0.3) is 5.57 Å². The van der Waals surface area contributed by atoms with Gasteiger partial charge in [0.1, 0.15) is 11.6 Å². The van der Waals surface area contributed by atoms with Gasteiger partial charge in [-0.25, -0.2) is 0 Å². The van der Waals surface area contributed by atoms with E-state index in [1.54, 1.807) is 6.20 Å². The number of aliphatic imine (C=N–C) groups is 1. The van der Waals surface area contributed by atoms with Crippen LogP contribution in [0.5, 0.6) is 0 Å². The summed E-state index contributed by atoms with van der Waals surface area (Å²) in [5.74, 6) is 1.14.